The molecule has 0 fully saturated rings. The number of anilines is 1. The van der Waals surface area contributed by atoms with Crippen molar-refractivity contribution < 1.29 is 27.9 Å². The molecule has 0 saturated carbocycles. The summed E-state index contributed by atoms with van der Waals surface area (Å²) in [5.41, 5.74) is 0.844. The lowest BCUT2D eigenvalue weighted by Gasteiger charge is -2.12. The van der Waals surface area contributed by atoms with Gasteiger partial charge in [-0.15, -0.1) is 0 Å². The van der Waals surface area contributed by atoms with Crippen molar-refractivity contribution in [1.82, 2.24) is 10.6 Å². The van der Waals surface area contributed by atoms with E-state index in [4.69, 9.17) is 5.11 Å². The summed E-state index contributed by atoms with van der Waals surface area (Å²) in [6.45, 7) is -0.232. The molecular weight excluding hydrogens is 315 g/mol. The van der Waals surface area contributed by atoms with E-state index in [0.717, 1.165) is 0 Å². The maximum atomic E-state index is 11.9. The summed E-state index contributed by atoms with van der Waals surface area (Å²) < 4.78 is 35.8. The Hall–Kier alpha value is -2.29. The number of hydrogen-bond donors (Lipinski definition) is 4. The van der Waals surface area contributed by atoms with Gasteiger partial charge in [0.2, 0.25) is 5.91 Å². The van der Waals surface area contributed by atoms with Crippen molar-refractivity contribution in [2.24, 2.45) is 0 Å². The van der Waals surface area contributed by atoms with Crippen molar-refractivity contribution in [3.63, 3.8) is 0 Å². The number of halogens is 3. The largest absolute Gasteiger partial charge is 0.405 e. The van der Waals surface area contributed by atoms with Gasteiger partial charge in [-0.2, -0.15) is 13.2 Å². The molecule has 1 aromatic carbocycles. The fourth-order valence-corrected chi connectivity index (χ4v) is 1.54. The number of nitrogens with one attached hydrogen (secondary N) is 3. The Morgan fingerprint density at radius 2 is 1.83 bits per heavy atom. The van der Waals surface area contributed by atoms with E-state index in [1.165, 1.54) is 24.3 Å². The highest BCUT2D eigenvalue weighted by molar-refractivity contribution is 5.94. The van der Waals surface area contributed by atoms with Crippen LogP contribution in [0.25, 0.3) is 0 Å². The molecule has 1 rings (SSSR count). The molecule has 0 saturated heterocycles. The topological polar surface area (TPSA) is 90.5 Å². The number of aliphatic hydroxyl groups excluding tert-OH is 1. The minimum Gasteiger partial charge on any atom is -0.394 e. The lowest BCUT2D eigenvalue weighted by atomic mass is 10.2. The first-order valence-electron chi connectivity index (χ1n) is 6.80. The Bertz CT molecular complexity index is 532. The van der Waals surface area contributed by atoms with Crippen LogP contribution in [0.3, 0.4) is 0 Å². The molecule has 9 heteroatoms. The van der Waals surface area contributed by atoms with Gasteiger partial charge in [-0.1, -0.05) is 0 Å². The van der Waals surface area contributed by atoms with Gasteiger partial charge < -0.3 is 21.1 Å². The normalized spacial score (nSPS) is 12.4. The lowest BCUT2D eigenvalue weighted by molar-refractivity contribution is -0.137. The fourth-order valence-electron chi connectivity index (χ4n) is 1.54. The molecule has 128 valence electrons. The van der Waals surface area contributed by atoms with Crippen molar-refractivity contribution in [3.8, 4) is 0 Å². The molecule has 0 aliphatic rings. The summed E-state index contributed by atoms with van der Waals surface area (Å²) in [4.78, 5) is 23.0. The van der Waals surface area contributed by atoms with Crippen molar-refractivity contribution in [3.05, 3.63) is 29.8 Å². The van der Waals surface area contributed by atoms with Gasteiger partial charge in [0.1, 0.15) is 6.54 Å². The lowest BCUT2D eigenvalue weighted by Crippen LogP contribution is -2.37. The van der Waals surface area contributed by atoms with Crippen LogP contribution in [-0.2, 0) is 4.79 Å². The molecule has 0 bridgehead atoms. The third-order valence-corrected chi connectivity index (χ3v) is 2.74. The van der Waals surface area contributed by atoms with E-state index in [1.807, 2.05) is 0 Å². The number of aliphatic hydroxyl groups is 1. The number of amides is 2. The van der Waals surface area contributed by atoms with Crippen LogP contribution in [0.15, 0.2) is 24.3 Å². The van der Waals surface area contributed by atoms with Gasteiger partial charge in [0.25, 0.3) is 5.91 Å². The van der Waals surface area contributed by atoms with Gasteiger partial charge in [-0.05, 0) is 31.2 Å². The van der Waals surface area contributed by atoms with E-state index in [9.17, 15) is 22.8 Å². The van der Waals surface area contributed by atoms with Crippen LogP contribution < -0.4 is 16.0 Å². The summed E-state index contributed by atoms with van der Waals surface area (Å²) in [5, 5.41) is 15.8. The number of rotatable bonds is 7. The van der Waals surface area contributed by atoms with E-state index in [0.29, 0.717) is 11.3 Å². The highest BCUT2D eigenvalue weighted by Crippen LogP contribution is 2.12. The second-order valence-corrected chi connectivity index (χ2v) is 4.88. The highest BCUT2D eigenvalue weighted by Gasteiger charge is 2.27. The maximum Gasteiger partial charge on any atom is 0.405 e. The molecule has 0 spiro atoms. The van der Waals surface area contributed by atoms with E-state index in [2.05, 4.69) is 10.6 Å². The molecule has 0 aromatic heterocycles. The first-order chi connectivity index (χ1) is 10.7. The van der Waals surface area contributed by atoms with E-state index >= 15 is 0 Å². The van der Waals surface area contributed by atoms with Crippen LogP contribution in [0, 0.1) is 0 Å². The zero-order valence-electron chi connectivity index (χ0n) is 12.4. The molecule has 2 amide bonds. The van der Waals surface area contributed by atoms with Crippen LogP contribution in [0.1, 0.15) is 17.3 Å². The Balaban J connectivity index is 2.45. The zero-order valence-corrected chi connectivity index (χ0v) is 12.4. The van der Waals surface area contributed by atoms with Crippen LogP contribution in [0.5, 0.6) is 0 Å². The standard InChI is InChI=1S/C14H18F3N3O3/c1-9(7-21)20-13(23)10-2-4-11(5-3-10)18-6-12(22)19-8-14(15,16)17/h2-5,9,18,21H,6-8H2,1H3,(H,19,22)(H,20,23). The quantitative estimate of drug-likeness (QED) is 0.596. The molecule has 1 unspecified atom stereocenters. The third kappa shape index (κ3) is 7.50. The summed E-state index contributed by atoms with van der Waals surface area (Å²) >= 11 is 0. The number of carbonyl (C=O) groups excluding carboxylic acids is 2. The summed E-state index contributed by atoms with van der Waals surface area (Å²) in [5.74, 6) is -1.15. The van der Waals surface area contributed by atoms with Gasteiger partial charge >= 0.3 is 6.18 Å². The first-order valence-corrected chi connectivity index (χ1v) is 6.80. The van der Waals surface area contributed by atoms with Crippen molar-refractivity contribution in [2.75, 3.05) is 25.0 Å². The number of carbonyl (C=O) groups is 2. The van der Waals surface area contributed by atoms with E-state index in [1.54, 1.807) is 12.2 Å². The fraction of sp³-hybridized carbons (Fsp3) is 0.429. The Kier molecular flexibility index (Phi) is 6.83. The maximum absolute atomic E-state index is 11.9. The van der Waals surface area contributed by atoms with Crippen molar-refractivity contribution in [1.29, 1.82) is 0 Å². The van der Waals surface area contributed by atoms with Crippen LogP contribution in [-0.4, -0.2) is 48.8 Å². The Labute approximate surface area is 131 Å². The van der Waals surface area contributed by atoms with Gasteiger partial charge in [-0.25, -0.2) is 0 Å². The van der Waals surface area contributed by atoms with Gasteiger partial charge in [-0.3, -0.25) is 9.59 Å². The average molecular weight is 333 g/mol. The molecule has 1 aromatic rings. The molecule has 0 aliphatic carbocycles. The second kappa shape index (κ2) is 8.37. The van der Waals surface area contributed by atoms with Crippen LogP contribution >= 0.6 is 0 Å². The SMILES string of the molecule is CC(CO)NC(=O)c1ccc(NCC(=O)NCC(F)(F)F)cc1. The Morgan fingerprint density at radius 3 is 2.35 bits per heavy atom. The first kappa shape index (κ1) is 18.8. The van der Waals surface area contributed by atoms with Gasteiger partial charge in [0.05, 0.1) is 13.2 Å². The number of alkyl halides is 3. The molecule has 0 heterocycles. The van der Waals surface area contributed by atoms with Gasteiger partial charge in [0.15, 0.2) is 0 Å². The molecule has 23 heavy (non-hydrogen) atoms. The number of benzene rings is 1. The smallest absolute Gasteiger partial charge is 0.394 e. The van der Waals surface area contributed by atoms with E-state index in [-0.39, 0.29) is 25.1 Å². The average Bonchev–Trinajstić information content (AvgIpc) is 2.50. The molecule has 0 aliphatic heterocycles. The number of hydrogen-bond acceptors (Lipinski definition) is 4. The van der Waals surface area contributed by atoms with Crippen LogP contribution in [0.4, 0.5) is 18.9 Å². The summed E-state index contributed by atoms with van der Waals surface area (Å²) in [6.07, 6.45) is -4.45. The second-order valence-electron chi connectivity index (χ2n) is 4.88. The Morgan fingerprint density at radius 1 is 1.22 bits per heavy atom. The predicted molar refractivity (Wildman–Crippen MR) is 78.0 cm³/mol. The zero-order chi connectivity index (χ0) is 17.5. The molecule has 1 atom stereocenters. The monoisotopic (exact) mass is 333 g/mol. The summed E-state index contributed by atoms with van der Waals surface area (Å²) in [7, 11) is 0. The predicted octanol–water partition coefficient (Wildman–Crippen LogP) is 0.888. The minimum atomic E-state index is -4.45. The minimum absolute atomic E-state index is 0.182. The third-order valence-electron chi connectivity index (χ3n) is 2.74. The van der Waals surface area contributed by atoms with Gasteiger partial charge in [0, 0.05) is 17.3 Å². The van der Waals surface area contributed by atoms with E-state index < -0.39 is 18.6 Å². The molecule has 0 radical (unpaired) electrons. The van der Waals surface area contributed by atoms with Crippen LogP contribution in [0.2, 0.25) is 0 Å². The summed E-state index contributed by atoms with van der Waals surface area (Å²) in [6, 6.07) is 5.66. The molecule has 4 N–H and O–H groups in total. The van der Waals surface area contributed by atoms with Crippen molar-refractivity contribution >= 4 is 17.5 Å². The van der Waals surface area contributed by atoms with Crippen molar-refractivity contribution in [2.45, 2.75) is 19.1 Å². The molecular formula is C14H18F3N3O3. The highest BCUT2D eigenvalue weighted by atomic mass is 19.4. The molecule has 6 nitrogen and oxygen atoms in total.